The molecular formula is C14H20FN3OSi. The van der Waals surface area contributed by atoms with Crippen LogP contribution in [0.1, 0.15) is 0 Å². The highest BCUT2D eigenvalue weighted by Gasteiger charge is 2.13. The van der Waals surface area contributed by atoms with Crippen molar-refractivity contribution in [2.24, 2.45) is 0 Å². The van der Waals surface area contributed by atoms with Gasteiger partial charge in [0, 0.05) is 27.1 Å². The average Bonchev–Trinajstić information content (AvgIpc) is 2.82. The summed E-state index contributed by atoms with van der Waals surface area (Å²) in [6.45, 7) is 8.10. The van der Waals surface area contributed by atoms with E-state index in [2.05, 4.69) is 29.6 Å². The molecule has 0 unspecified atom stereocenters. The van der Waals surface area contributed by atoms with Crippen LogP contribution in [0.5, 0.6) is 0 Å². The molecular weight excluding hydrogens is 273 g/mol. The van der Waals surface area contributed by atoms with Crippen molar-refractivity contribution in [2.45, 2.75) is 32.4 Å². The van der Waals surface area contributed by atoms with Gasteiger partial charge in [-0.15, -0.1) is 0 Å². The van der Waals surface area contributed by atoms with Crippen LogP contribution < -0.4 is 0 Å². The molecule has 4 nitrogen and oxygen atoms in total. The Morgan fingerprint density at radius 1 is 1.30 bits per heavy atom. The maximum atomic E-state index is 13.2. The number of hydrogen-bond acceptors (Lipinski definition) is 3. The van der Waals surface area contributed by atoms with Crippen molar-refractivity contribution in [3.05, 3.63) is 36.5 Å². The molecule has 2 rings (SSSR count). The fraction of sp³-hybridized carbons (Fsp3) is 0.429. The summed E-state index contributed by atoms with van der Waals surface area (Å²) in [5.74, 6) is 0.120. The van der Waals surface area contributed by atoms with Crippen LogP contribution >= 0.6 is 0 Å². The van der Waals surface area contributed by atoms with E-state index < -0.39 is 14.0 Å². The zero-order chi connectivity index (χ0) is 14.6. The lowest BCUT2D eigenvalue weighted by Crippen LogP contribution is -2.22. The van der Waals surface area contributed by atoms with Gasteiger partial charge < -0.3 is 9.30 Å². The molecule has 0 saturated heterocycles. The van der Waals surface area contributed by atoms with Crippen molar-refractivity contribution in [1.82, 2.24) is 14.5 Å². The fourth-order valence-electron chi connectivity index (χ4n) is 1.72. The number of nitrogens with zero attached hydrogens (tertiary/aromatic N) is 3. The van der Waals surface area contributed by atoms with E-state index in [9.17, 15) is 4.39 Å². The third kappa shape index (κ3) is 4.24. The largest absolute Gasteiger partial charge is 0.361 e. The highest BCUT2D eigenvalue weighted by atomic mass is 28.3. The minimum Gasteiger partial charge on any atom is -0.361 e. The van der Waals surface area contributed by atoms with E-state index in [-0.39, 0.29) is 0 Å². The lowest BCUT2D eigenvalue weighted by atomic mass is 10.3. The molecule has 0 spiro atoms. The smallest absolute Gasteiger partial charge is 0.213 e. The first kappa shape index (κ1) is 14.9. The standard InChI is InChI=1S/C14H20FN3OSi/c1-20(2,3)10-9-19-11-18-8-7-16-14(18)12-5-4-6-13(15)17-12/h4-8H,9-11H2,1-3H3. The van der Waals surface area contributed by atoms with Gasteiger partial charge in [0.1, 0.15) is 12.4 Å². The van der Waals surface area contributed by atoms with Crippen molar-refractivity contribution < 1.29 is 9.13 Å². The second-order valence-electron chi connectivity index (χ2n) is 5.91. The van der Waals surface area contributed by atoms with Crippen LogP contribution in [-0.2, 0) is 11.5 Å². The summed E-state index contributed by atoms with van der Waals surface area (Å²) >= 11 is 0. The highest BCUT2D eigenvalue weighted by Crippen LogP contribution is 2.15. The van der Waals surface area contributed by atoms with Crippen LogP contribution in [0.15, 0.2) is 30.6 Å². The Kier molecular flexibility index (Phi) is 4.67. The van der Waals surface area contributed by atoms with Gasteiger partial charge in [0.2, 0.25) is 5.95 Å². The Hall–Kier alpha value is -1.53. The Bertz CT molecular complexity index is 566. The van der Waals surface area contributed by atoms with Crippen molar-refractivity contribution in [3.8, 4) is 11.5 Å². The molecule has 0 bridgehead atoms. The zero-order valence-electron chi connectivity index (χ0n) is 12.1. The third-order valence-corrected chi connectivity index (χ3v) is 4.59. The summed E-state index contributed by atoms with van der Waals surface area (Å²) in [7, 11) is -1.08. The van der Waals surface area contributed by atoms with Crippen LogP contribution in [0.4, 0.5) is 4.39 Å². The molecule has 0 amide bonds. The van der Waals surface area contributed by atoms with Crippen LogP contribution in [0.25, 0.3) is 11.5 Å². The number of rotatable bonds is 6. The average molecular weight is 293 g/mol. The number of halogens is 1. The lowest BCUT2D eigenvalue weighted by Gasteiger charge is -2.16. The Morgan fingerprint density at radius 3 is 2.80 bits per heavy atom. The lowest BCUT2D eigenvalue weighted by molar-refractivity contribution is 0.0882. The molecule has 6 heteroatoms. The fourth-order valence-corrected chi connectivity index (χ4v) is 2.48. The van der Waals surface area contributed by atoms with Crippen LogP contribution in [-0.4, -0.2) is 29.2 Å². The van der Waals surface area contributed by atoms with E-state index in [0.717, 1.165) is 12.7 Å². The van der Waals surface area contributed by atoms with E-state index in [4.69, 9.17) is 4.74 Å². The van der Waals surface area contributed by atoms with Crippen LogP contribution in [0, 0.1) is 5.95 Å². The summed E-state index contributed by atoms with van der Waals surface area (Å²) in [5.41, 5.74) is 0.517. The number of imidazole rings is 1. The maximum Gasteiger partial charge on any atom is 0.213 e. The van der Waals surface area contributed by atoms with E-state index in [1.165, 1.54) is 6.07 Å². The molecule has 108 valence electrons. The molecule has 0 aliphatic rings. The van der Waals surface area contributed by atoms with Crippen molar-refractivity contribution in [2.75, 3.05) is 6.61 Å². The molecule has 20 heavy (non-hydrogen) atoms. The SMILES string of the molecule is C[Si](C)(C)CCOCn1ccnc1-c1cccc(F)n1. The van der Waals surface area contributed by atoms with Crippen molar-refractivity contribution in [3.63, 3.8) is 0 Å². The molecule has 2 aromatic rings. The highest BCUT2D eigenvalue weighted by molar-refractivity contribution is 6.76. The molecule has 0 aromatic carbocycles. The Labute approximate surface area is 119 Å². The van der Waals surface area contributed by atoms with Crippen LogP contribution in [0.3, 0.4) is 0 Å². The van der Waals surface area contributed by atoms with Gasteiger partial charge in [-0.2, -0.15) is 4.39 Å². The second-order valence-corrected chi connectivity index (χ2v) is 11.5. The van der Waals surface area contributed by atoms with Gasteiger partial charge >= 0.3 is 0 Å². The normalized spacial score (nSPS) is 11.8. The number of pyridine rings is 1. The maximum absolute atomic E-state index is 13.2. The van der Waals surface area contributed by atoms with E-state index in [0.29, 0.717) is 18.2 Å². The van der Waals surface area contributed by atoms with Gasteiger partial charge in [0.25, 0.3) is 0 Å². The topological polar surface area (TPSA) is 39.9 Å². The zero-order valence-corrected chi connectivity index (χ0v) is 13.1. The molecule has 0 fully saturated rings. The van der Waals surface area contributed by atoms with Crippen molar-refractivity contribution >= 4 is 8.07 Å². The van der Waals surface area contributed by atoms with Gasteiger partial charge in [-0.25, -0.2) is 9.97 Å². The first-order valence-corrected chi connectivity index (χ1v) is 10.4. The molecule has 0 atom stereocenters. The second kappa shape index (κ2) is 6.28. The van der Waals surface area contributed by atoms with Crippen LogP contribution in [0.2, 0.25) is 25.7 Å². The van der Waals surface area contributed by atoms with E-state index >= 15 is 0 Å². The third-order valence-electron chi connectivity index (χ3n) is 2.89. The van der Waals surface area contributed by atoms with Gasteiger partial charge in [-0.3, -0.25) is 0 Å². The molecule has 0 aliphatic carbocycles. The molecule has 0 aliphatic heterocycles. The summed E-state index contributed by atoms with van der Waals surface area (Å²) < 4.78 is 20.7. The first-order valence-electron chi connectivity index (χ1n) is 6.67. The number of hydrogen-bond donors (Lipinski definition) is 0. The van der Waals surface area contributed by atoms with Gasteiger partial charge in [0.15, 0.2) is 5.82 Å². The van der Waals surface area contributed by atoms with Gasteiger partial charge in [-0.1, -0.05) is 25.7 Å². The number of ether oxygens (including phenoxy) is 1. The number of aromatic nitrogens is 3. The van der Waals surface area contributed by atoms with E-state index in [1.807, 2.05) is 10.8 Å². The molecule has 0 radical (unpaired) electrons. The summed E-state index contributed by atoms with van der Waals surface area (Å²) in [4.78, 5) is 8.06. The Balaban J connectivity index is 1.99. The quantitative estimate of drug-likeness (QED) is 0.465. The predicted molar refractivity (Wildman–Crippen MR) is 79.5 cm³/mol. The summed E-state index contributed by atoms with van der Waals surface area (Å²) in [5, 5.41) is 0. The summed E-state index contributed by atoms with van der Waals surface area (Å²) in [6, 6.07) is 5.81. The first-order chi connectivity index (χ1) is 9.46. The van der Waals surface area contributed by atoms with Gasteiger partial charge in [0.05, 0.1) is 0 Å². The van der Waals surface area contributed by atoms with Gasteiger partial charge in [-0.05, 0) is 18.2 Å². The molecule has 0 N–H and O–H groups in total. The minimum atomic E-state index is -1.08. The minimum absolute atomic E-state index is 0.415. The van der Waals surface area contributed by atoms with E-state index in [1.54, 1.807) is 18.3 Å². The molecule has 2 aromatic heterocycles. The predicted octanol–water partition coefficient (Wildman–Crippen LogP) is 3.40. The molecule has 0 saturated carbocycles. The summed E-state index contributed by atoms with van der Waals surface area (Å²) in [6.07, 6.45) is 3.49. The molecule has 2 heterocycles. The Morgan fingerprint density at radius 2 is 2.10 bits per heavy atom. The monoisotopic (exact) mass is 293 g/mol. The van der Waals surface area contributed by atoms with Crippen molar-refractivity contribution in [1.29, 1.82) is 0 Å².